The first-order chi connectivity index (χ1) is 14.0. The Hall–Kier alpha value is -2.97. The molecule has 9 heteroatoms. The van der Waals surface area contributed by atoms with Crippen LogP contribution >= 0.6 is 11.6 Å². The molecule has 8 nitrogen and oxygen atoms in total. The van der Waals surface area contributed by atoms with Crippen LogP contribution in [0.1, 0.15) is 43.1 Å². The van der Waals surface area contributed by atoms with Gasteiger partial charge in [-0.3, -0.25) is 4.79 Å². The van der Waals surface area contributed by atoms with E-state index in [9.17, 15) is 4.79 Å². The SMILES string of the molecule is CC(N)=C(c1nc(C2CCNCC2)cc(=O)[nH]1)c1nc(-c2cccc(Cl)c2)no1. The van der Waals surface area contributed by atoms with Crippen LogP contribution < -0.4 is 16.6 Å². The predicted octanol–water partition coefficient (Wildman–Crippen LogP) is 2.68. The highest BCUT2D eigenvalue weighted by Crippen LogP contribution is 2.27. The van der Waals surface area contributed by atoms with Crippen molar-refractivity contribution in [1.82, 2.24) is 25.4 Å². The monoisotopic (exact) mass is 412 g/mol. The molecule has 4 rings (SSSR count). The van der Waals surface area contributed by atoms with Gasteiger partial charge in [-0.05, 0) is 45.0 Å². The van der Waals surface area contributed by atoms with Crippen molar-refractivity contribution in [2.24, 2.45) is 5.73 Å². The third kappa shape index (κ3) is 4.23. The molecule has 3 aromatic rings. The van der Waals surface area contributed by atoms with Gasteiger partial charge in [0.1, 0.15) is 11.4 Å². The summed E-state index contributed by atoms with van der Waals surface area (Å²) in [6.45, 7) is 3.51. The molecular formula is C20H21ClN6O2. The highest BCUT2D eigenvalue weighted by Gasteiger charge is 2.22. The topological polar surface area (TPSA) is 123 Å². The molecular weight excluding hydrogens is 392 g/mol. The Morgan fingerprint density at radius 1 is 1.24 bits per heavy atom. The van der Waals surface area contributed by atoms with E-state index in [1.165, 1.54) is 0 Å². The Bertz CT molecular complexity index is 1110. The van der Waals surface area contributed by atoms with Gasteiger partial charge in [0.2, 0.25) is 5.82 Å². The lowest BCUT2D eigenvalue weighted by Gasteiger charge is -2.22. The van der Waals surface area contributed by atoms with Crippen LogP contribution in [0, 0.1) is 0 Å². The van der Waals surface area contributed by atoms with Crippen molar-refractivity contribution in [2.75, 3.05) is 13.1 Å². The maximum atomic E-state index is 12.3. The largest absolute Gasteiger partial charge is 0.402 e. The van der Waals surface area contributed by atoms with Gasteiger partial charge >= 0.3 is 0 Å². The molecule has 3 heterocycles. The number of aromatic amines is 1. The van der Waals surface area contributed by atoms with E-state index in [1.54, 1.807) is 31.2 Å². The predicted molar refractivity (Wildman–Crippen MR) is 110 cm³/mol. The molecule has 0 aliphatic carbocycles. The summed E-state index contributed by atoms with van der Waals surface area (Å²) in [7, 11) is 0. The van der Waals surface area contributed by atoms with Gasteiger partial charge in [0.15, 0.2) is 0 Å². The number of H-pyrrole nitrogens is 1. The van der Waals surface area contributed by atoms with Crippen LogP contribution in [-0.4, -0.2) is 33.2 Å². The minimum atomic E-state index is -0.239. The lowest BCUT2D eigenvalue weighted by Crippen LogP contribution is -2.28. The van der Waals surface area contributed by atoms with Crippen LogP contribution in [0.4, 0.5) is 0 Å². The number of nitrogens with two attached hydrogens (primary N) is 1. The van der Waals surface area contributed by atoms with Gasteiger partial charge in [-0.25, -0.2) is 4.98 Å². The highest BCUT2D eigenvalue weighted by molar-refractivity contribution is 6.30. The number of rotatable bonds is 4. The molecule has 150 valence electrons. The summed E-state index contributed by atoms with van der Waals surface area (Å²) >= 11 is 6.05. The number of nitrogens with zero attached hydrogens (tertiary/aromatic N) is 3. The highest BCUT2D eigenvalue weighted by atomic mass is 35.5. The number of allylic oxidation sites excluding steroid dienone is 1. The van der Waals surface area contributed by atoms with Crippen molar-refractivity contribution in [1.29, 1.82) is 0 Å². The summed E-state index contributed by atoms with van der Waals surface area (Å²) in [5, 5.41) is 7.92. The van der Waals surface area contributed by atoms with E-state index in [4.69, 9.17) is 21.9 Å². The summed E-state index contributed by atoms with van der Waals surface area (Å²) in [4.78, 5) is 24.2. The van der Waals surface area contributed by atoms with Gasteiger partial charge in [-0.1, -0.05) is 28.9 Å². The second-order valence-corrected chi connectivity index (χ2v) is 7.47. The fourth-order valence-corrected chi connectivity index (χ4v) is 3.64. The molecule has 0 radical (unpaired) electrons. The summed E-state index contributed by atoms with van der Waals surface area (Å²) in [6.07, 6.45) is 1.85. The lowest BCUT2D eigenvalue weighted by atomic mass is 9.94. The molecule has 0 bridgehead atoms. The summed E-state index contributed by atoms with van der Waals surface area (Å²) in [6, 6.07) is 8.69. The van der Waals surface area contributed by atoms with Gasteiger partial charge in [-0.15, -0.1) is 0 Å². The molecule has 1 fully saturated rings. The first kappa shape index (κ1) is 19.4. The molecule has 1 aromatic carbocycles. The zero-order valence-electron chi connectivity index (χ0n) is 15.9. The molecule has 0 amide bonds. The van der Waals surface area contributed by atoms with Gasteiger partial charge in [-0.2, -0.15) is 4.98 Å². The van der Waals surface area contributed by atoms with Gasteiger partial charge in [0.05, 0.1) is 5.69 Å². The maximum absolute atomic E-state index is 12.3. The van der Waals surface area contributed by atoms with Gasteiger partial charge < -0.3 is 20.6 Å². The van der Waals surface area contributed by atoms with Crippen molar-refractivity contribution in [3.05, 3.63) is 68.8 Å². The smallest absolute Gasteiger partial charge is 0.263 e. The summed E-state index contributed by atoms with van der Waals surface area (Å²) in [5.74, 6) is 1.11. The quantitative estimate of drug-likeness (QED) is 0.601. The van der Waals surface area contributed by atoms with Crippen molar-refractivity contribution in [2.45, 2.75) is 25.7 Å². The number of benzene rings is 1. The van der Waals surface area contributed by atoms with Crippen molar-refractivity contribution in [3.8, 4) is 11.4 Å². The standard InChI is InChI=1S/C20H21ClN6O2/c1-11(22)17(20-26-18(27-29-20)13-3-2-4-14(21)9-13)19-24-15(10-16(28)25-19)12-5-7-23-8-6-12/h2-4,9-10,12,23H,5-8,22H2,1H3,(H,24,25,28). The molecule has 0 unspecified atom stereocenters. The molecule has 2 aromatic heterocycles. The third-order valence-electron chi connectivity index (χ3n) is 4.87. The number of hydrogen-bond donors (Lipinski definition) is 3. The fourth-order valence-electron chi connectivity index (χ4n) is 3.45. The van der Waals surface area contributed by atoms with Crippen LogP contribution in [0.15, 0.2) is 45.3 Å². The minimum absolute atomic E-state index is 0.186. The van der Waals surface area contributed by atoms with Crippen LogP contribution in [-0.2, 0) is 0 Å². The number of halogens is 1. The fraction of sp³-hybridized carbons (Fsp3) is 0.300. The van der Waals surface area contributed by atoms with Crippen molar-refractivity contribution in [3.63, 3.8) is 0 Å². The molecule has 29 heavy (non-hydrogen) atoms. The first-order valence-electron chi connectivity index (χ1n) is 9.40. The average molecular weight is 413 g/mol. The van der Waals surface area contributed by atoms with E-state index >= 15 is 0 Å². The Labute approximate surface area is 172 Å². The molecule has 0 spiro atoms. The number of hydrogen-bond acceptors (Lipinski definition) is 7. The molecule has 0 atom stereocenters. The van der Waals surface area contributed by atoms with E-state index < -0.39 is 0 Å². The van der Waals surface area contributed by atoms with Gasteiger partial charge in [0.25, 0.3) is 11.4 Å². The van der Waals surface area contributed by atoms with Crippen LogP contribution in [0.25, 0.3) is 17.0 Å². The van der Waals surface area contributed by atoms with Gasteiger partial charge in [0, 0.05) is 28.3 Å². The molecule has 4 N–H and O–H groups in total. The zero-order chi connectivity index (χ0) is 20.4. The second kappa shape index (κ2) is 8.18. The Balaban J connectivity index is 1.73. The van der Waals surface area contributed by atoms with Crippen molar-refractivity contribution < 1.29 is 4.52 Å². The van der Waals surface area contributed by atoms with Crippen molar-refractivity contribution >= 4 is 17.2 Å². The molecule has 1 saturated heterocycles. The van der Waals surface area contributed by atoms with Crippen LogP contribution in [0.3, 0.4) is 0 Å². The van der Waals surface area contributed by atoms with E-state index in [2.05, 4.69) is 25.4 Å². The van der Waals surface area contributed by atoms with Crippen LogP contribution in [0.2, 0.25) is 5.02 Å². The molecule has 0 saturated carbocycles. The first-order valence-corrected chi connectivity index (χ1v) is 9.78. The molecule has 1 aliphatic heterocycles. The van der Waals surface area contributed by atoms with E-state index in [1.807, 2.05) is 6.07 Å². The number of piperidine rings is 1. The third-order valence-corrected chi connectivity index (χ3v) is 5.11. The van der Waals surface area contributed by atoms with Crippen LogP contribution in [0.5, 0.6) is 0 Å². The Kier molecular flexibility index (Phi) is 5.46. The van der Waals surface area contributed by atoms with E-state index in [0.717, 1.165) is 31.6 Å². The van der Waals surface area contributed by atoms with E-state index in [-0.39, 0.29) is 17.4 Å². The zero-order valence-corrected chi connectivity index (χ0v) is 16.7. The second-order valence-electron chi connectivity index (χ2n) is 7.03. The Morgan fingerprint density at radius 2 is 2.03 bits per heavy atom. The summed E-state index contributed by atoms with van der Waals surface area (Å²) in [5.41, 5.74) is 8.16. The Morgan fingerprint density at radius 3 is 2.76 bits per heavy atom. The summed E-state index contributed by atoms with van der Waals surface area (Å²) < 4.78 is 5.45. The minimum Gasteiger partial charge on any atom is -0.402 e. The van der Waals surface area contributed by atoms with E-state index in [0.29, 0.717) is 33.5 Å². The maximum Gasteiger partial charge on any atom is 0.263 e. The number of aromatic nitrogens is 4. The molecule has 1 aliphatic rings. The number of nitrogens with one attached hydrogen (secondary N) is 2. The lowest BCUT2D eigenvalue weighted by molar-refractivity contribution is 0.408. The normalized spacial score (nSPS) is 15.9. The average Bonchev–Trinajstić information content (AvgIpc) is 3.18.